The maximum absolute atomic E-state index is 12.0. The van der Waals surface area contributed by atoms with Crippen molar-refractivity contribution in [3.8, 4) is 0 Å². The van der Waals surface area contributed by atoms with Crippen LogP contribution in [0.5, 0.6) is 0 Å². The number of likely N-dealkylation sites (tertiary alicyclic amines) is 1. The number of nitrogens with zero attached hydrogens (tertiary/aromatic N) is 2. The minimum absolute atomic E-state index is 0.207. The number of para-hydroxylation sites is 1. The highest BCUT2D eigenvalue weighted by Crippen LogP contribution is 2.32. The molecule has 0 radical (unpaired) electrons. The lowest BCUT2D eigenvalue weighted by Gasteiger charge is -2.33. The van der Waals surface area contributed by atoms with Crippen molar-refractivity contribution >= 4 is 21.2 Å². The maximum atomic E-state index is 12.0. The zero-order valence-corrected chi connectivity index (χ0v) is 17.6. The second-order valence-corrected chi connectivity index (χ2v) is 9.60. The van der Waals surface area contributed by atoms with Crippen LogP contribution in [0.1, 0.15) is 37.3 Å². The number of hydrogen-bond acceptors (Lipinski definition) is 6. The molecule has 3 rings (SSSR count). The quantitative estimate of drug-likeness (QED) is 0.541. The number of anilines is 1. The third-order valence-corrected chi connectivity index (χ3v) is 6.61. The summed E-state index contributed by atoms with van der Waals surface area (Å²) in [7, 11) is -3.71. The van der Waals surface area contributed by atoms with Crippen LogP contribution >= 0.6 is 0 Å². The molecule has 1 atom stereocenters. The molecule has 1 fully saturated rings. The van der Waals surface area contributed by atoms with Crippen molar-refractivity contribution < 1.29 is 13.3 Å². The van der Waals surface area contributed by atoms with Crippen molar-refractivity contribution in [2.75, 3.05) is 18.1 Å². The molecule has 0 bridgehead atoms. The van der Waals surface area contributed by atoms with Gasteiger partial charge in [-0.1, -0.05) is 36.8 Å². The summed E-state index contributed by atoms with van der Waals surface area (Å²) >= 11 is 0. The van der Waals surface area contributed by atoms with E-state index in [0.29, 0.717) is 12.6 Å². The number of hydrogen-bond donors (Lipinski definition) is 1. The molecule has 1 heterocycles. The fourth-order valence-electron chi connectivity index (χ4n) is 3.84. The van der Waals surface area contributed by atoms with Gasteiger partial charge in [-0.05, 0) is 49.6 Å². The van der Waals surface area contributed by atoms with Crippen LogP contribution in [0.3, 0.4) is 0 Å². The zero-order valence-electron chi connectivity index (χ0n) is 16.8. The van der Waals surface area contributed by atoms with Crippen LogP contribution in [-0.2, 0) is 22.9 Å². The molecule has 0 aliphatic carbocycles. The van der Waals surface area contributed by atoms with E-state index in [4.69, 9.17) is 0 Å². The van der Waals surface area contributed by atoms with Crippen LogP contribution in [0, 0.1) is 10.1 Å². The predicted octanol–water partition coefficient (Wildman–Crippen LogP) is 3.98. The predicted molar refractivity (Wildman–Crippen MR) is 114 cm³/mol. The SMILES string of the molecule is CC1CCCCN1Cc1ccccc1CNc1cccc(S(C)(=O)=O)c1[N+](=O)[O-]. The molecule has 0 amide bonds. The summed E-state index contributed by atoms with van der Waals surface area (Å²) in [4.78, 5) is 13.1. The third kappa shape index (κ3) is 5.13. The topological polar surface area (TPSA) is 92.6 Å². The number of nitro benzene ring substituents is 1. The van der Waals surface area contributed by atoms with Crippen molar-refractivity contribution in [3.05, 3.63) is 63.7 Å². The van der Waals surface area contributed by atoms with Gasteiger partial charge in [0.05, 0.1) is 4.92 Å². The van der Waals surface area contributed by atoms with Crippen molar-refractivity contribution in [3.63, 3.8) is 0 Å². The van der Waals surface area contributed by atoms with Crippen LogP contribution in [0.4, 0.5) is 11.4 Å². The van der Waals surface area contributed by atoms with E-state index < -0.39 is 20.4 Å². The third-order valence-electron chi connectivity index (χ3n) is 5.48. The molecule has 0 spiro atoms. The maximum Gasteiger partial charge on any atom is 0.310 e. The van der Waals surface area contributed by atoms with Crippen molar-refractivity contribution in [1.82, 2.24) is 4.90 Å². The molecular formula is C21H27N3O4S. The van der Waals surface area contributed by atoms with Crippen LogP contribution in [0.2, 0.25) is 0 Å². The average Bonchev–Trinajstić information content (AvgIpc) is 2.68. The summed E-state index contributed by atoms with van der Waals surface area (Å²) in [6, 6.07) is 12.9. The van der Waals surface area contributed by atoms with Gasteiger partial charge in [0.2, 0.25) is 0 Å². The van der Waals surface area contributed by atoms with Crippen molar-refractivity contribution in [2.45, 2.75) is 50.2 Å². The first kappa shape index (κ1) is 21.3. The minimum atomic E-state index is -3.71. The van der Waals surface area contributed by atoms with Gasteiger partial charge < -0.3 is 5.32 Å². The lowest BCUT2D eigenvalue weighted by molar-refractivity contribution is -0.386. The Hall–Kier alpha value is -2.45. The van der Waals surface area contributed by atoms with Gasteiger partial charge in [0, 0.05) is 25.4 Å². The lowest BCUT2D eigenvalue weighted by Crippen LogP contribution is -2.37. The van der Waals surface area contributed by atoms with Crippen molar-refractivity contribution in [2.24, 2.45) is 0 Å². The molecule has 1 aliphatic heterocycles. The van der Waals surface area contributed by atoms with E-state index in [9.17, 15) is 18.5 Å². The summed E-state index contributed by atoms with van der Waals surface area (Å²) in [5, 5.41) is 14.6. The normalized spacial score (nSPS) is 17.8. The summed E-state index contributed by atoms with van der Waals surface area (Å²) in [6.45, 7) is 4.54. The number of benzene rings is 2. The van der Waals surface area contributed by atoms with Gasteiger partial charge in [-0.25, -0.2) is 8.42 Å². The molecule has 0 aromatic heterocycles. The first-order valence-corrected chi connectivity index (χ1v) is 11.7. The molecule has 156 valence electrons. The molecule has 1 aliphatic rings. The van der Waals surface area contributed by atoms with E-state index in [1.54, 1.807) is 6.07 Å². The highest BCUT2D eigenvalue weighted by atomic mass is 32.2. The zero-order chi connectivity index (χ0) is 21.0. The number of piperidine rings is 1. The Labute approximate surface area is 171 Å². The molecule has 29 heavy (non-hydrogen) atoms. The molecule has 1 saturated heterocycles. The Balaban J connectivity index is 1.83. The fraction of sp³-hybridized carbons (Fsp3) is 0.429. The van der Waals surface area contributed by atoms with E-state index in [2.05, 4.69) is 23.2 Å². The highest BCUT2D eigenvalue weighted by molar-refractivity contribution is 7.90. The average molecular weight is 418 g/mol. The van der Waals surface area contributed by atoms with E-state index in [1.807, 2.05) is 18.2 Å². The number of nitrogens with one attached hydrogen (secondary N) is 1. The van der Waals surface area contributed by atoms with Crippen molar-refractivity contribution in [1.29, 1.82) is 0 Å². The van der Waals surface area contributed by atoms with E-state index in [0.717, 1.165) is 24.9 Å². The van der Waals surface area contributed by atoms with Crippen LogP contribution < -0.4 is 5.32 Å². The fourth-order valence-corrected chi connectivity index (χ4v) is 4.70. The molecule has 2 aromatic rings. The second kappa shape index (κ2) is 8.92. The lowest BCUT2D eigenvalue weighted by atomic mass is 10.0. The Morgan fingerprint density at radius 1 is 1.14 bits per heavy atom. The number of rotatable bonds is 7. The summed E-state index contributed by atoms with van der Waals surface area (Å²) < 4.78 is 23.9. The Kier molecular flexibility index (Phi) is 6.54. The van der Waals surface area contributed by atoms with E-state index in [1.165, 1.54) is 37.0 Å². The highest BCUT2D eigenvalue weighted by Gasteiger charge is 2.26. The molecule has 8 heteroatoms. The standard InChI is InChI=1S/C21H27N3O4S/c1-16-8-5-6-13-23(16)15-18-10-4-3-9-17(18)14-22-19-11-7-12-20(29(2,27)28)21(19)24(25)26/h3-4,7,9-12,16,22H,5-6,8,13-15H2,1-2H3. The van der Waals surface area contributed by atoms with Gasteiger partial charge in [0.1, 0.15) is 10.6 Å². The van der Waals surface area contributed by atoms with Crippen LogP contribution in [0.15, 0.2) is 47.4 Å². The van der Waals surface area contributed by atoms with Gasteiger partial charge >= 0.3 is 5.69 Å². The molecule has 0 saturated carbocycles. The van der Waals surface area contributed by atoms with Crippen LogP contribution in [0.25, 0.3) is 0 Å². The van der Waals surface area contributed by atoms with Gasteiger partial charge in [-0.15, -0.1) is 0 Å². The number of nitro groups is 1. The van der Waals surface area contributed by atoms with Gasteiger partial charge in [-0.3, -0.25) is 15.0 Å². The Morgan fingerprint density at radius 2 is 1.86 bits per heavy atom. The summed E-state index contributed by atoms with van der Waals surface area (Å²) in [5.41, 5.74) is 2.02. The van der Waals surface area contributed by atoms with E-state index in [-0.39, 0.29) is 10.6 Å². The Morgan fingerprint density at radius 3 is 2.52 bits per heavy atom. The first-order chi connectivity index (χ1) is 13.8. The van der Waals surface area contributed by atoms with Crippen LogP contribution in [-0.4, -0.2) is 37.1 Å². The summed E-state index contributed by atoms with van der Waals surface area (Å²) in [6.07, 6.45) is 4.65. The van der Waals surface area contributed by atoms with Gasteiger partial charge in [-0.2, -0.15) is 0 Å². The summed E-state index contributed by atoms with van der Waals surface area (Å²) in [5.74, 6) is 0. The second-order valence-electron chi connectivity index (χ2n) is 7.62. The molecule has 2 aromatic carbocycles. The first-order valence-electron chi connectivity index (χ1n) is 9.79. The number of sulfone groups is 1. The molecule has 1 unspecified atom stereocenters. The van der Waals surface area contributed by atoms with Gasteiger partial charge in [0.15, 0.2) is 9.84 Å². The minimum Gasteiger partial charge on any atom is -0.375 e. The smallest absolute Gasteiger partial charge is 0.310 e. The monoisotopic (exact) mass is 417 g/mol. The largest absolute Gasteiger partial charge is 0.375 e. The Bertz CT molecular complexity index is 991. The molecule has 7 nitrogen and oxygen atoms in total. The molecular weight excluding hydrogens is 390 g/mol. The molecule has 1 N–H and O–H groups in total. The van der Waals surface area contributed by atoms with E-state index >= 15 is 0 Å². The van der Waals surface area contributed by atoms with Gasteiger partial charge in [0.25, 0.3) is 0 Å².